The van der Waals surface area contributed by atoms with Gasteiger partial charge in [0.1, 0.15) is 0 Å². The van der Waals surface area contributed by atoms with Gasteiger partial charge < -0.3 is 15.6 Å². The second-order valence-electron chi connectivity index (χ2n) is 6.53. The van der Waals surface area contributed by atoms with Crippen molar-refractivity contribution < 1.29 is 13.2 Å². The van der Waals surface area contributed by atoms with Crippen LogP contribution in [0.4, 0.5) is 0 Å². The number of amides is 1. The highest BCUT2D eigenvalue weighted by molar-refractivity contribution is 7.92. The Labute approximate surface area is 164 Å². The monoisotopic (exact) mass is 419 g/mol. The zero-order valence-electron chi connectivity index (χ0n) is 14.5. The highest BCUT2D eigenvalue weighted by Gasteiger charge is 2.48. The molecule has 2 aromatic rings. The molecule has 1 fully saturated rings. The van der Waals surface area contributed by atoms with Crippen LogP contribution in [0.5, 0.6) is 0 Å². The van der Waals surface area contributed by atoms with Gasteiger partial charge in [-0.25, -0.2) is 8.42 Å². The highest BCUT2D eigenvalue weighted by Crippen LogP contribution is 2.28. The van der Waals surface area contributed by atoms with Crippen LogP contribution in [0.25, 0.3) is 10.9 Å². The Bertz CT molecular complexity index is 890. The topological polar surface area (TPSA) is 91.1 Å². The van der Waals surface area contributed by atoms with E-state index in [1.54, 1.807) is 0 Å². The number of benzene rings is 1. The molecule has 26 heavy (non-hydrogen) atoms. The van der Waals surface area contributed by atoms with Crippen LogP contribution < -0.4 is 10.6 Å². The molecule has 0 spiro atoms. The van der Waals surface area contributed by atoms with E-state index < -0.39 is 20.5 Å². The maximum atomic E-state index is 12.7. The zero-order valence-corrected chi connectivity index (χ0v) is 16.9. The molecule has 1 amide bonds. The summed E-state index contributed by atoms with van der Waals surface area (Å²) in [6, 6.07) is 5.61. The van der Waals surface area contributed by atoms with Gasteiger partial charge in [0, 0.05) is 34.9 Å². The zero-order chi connectivity index (χ0) is 18.1. The number of hydrogen-bond donors (Lipinski definition) is 3. The van der Waals surface area contributed by atoms with Gasteiger partial charge in [-0.2, -0.15) is 0 Å². The minimum absolute atomic E-state index is 0. The summed E-state index contributed by atoms with van der Waals surface area (Å²) in [6.07, 6.45) is 4.26. The molecule has 6 nitrogen and oxygen atoms in total. The number of hydrogen-bond acceptors (Lipinski definition) is 4. The van der Waals surface area contributed by atoms with Gasteiger partial charge in [-0.3, -0.25) is 4.79 Å². The Morgan fingerprint density at radius 2 is 2.00 bits per heavy atom. The number of carbonyl (C=O) groups excluding carboxylic acids is 1. The number of aromatic nitrogens is 1. The van der Waals surface area contributed by atoms with E-state index >= 15 is 0 Å². The first-order valence-electron chi connectivity index (χ1n) is 8.28. The molecule has 1 saturated heterocycles. The molecule has 0 bridgehead atoms. The standard InChI is InChI=1S/C17H22ClN3O3S.ClH/c1-25(23,24)17(5-8-19-9-6-17)16(22)20-7-4-12-11-21-15-3-2-13(18)10-14(12)15;/h2-3,10-11,19,21H,4-9H2,1H3,(H,20,22);1H. The largest absolute Gasteiger partial charge is 0.361 e. The second kappa shape index (κ2) is 8.17. The molecule has 3 N–H and O–H groups in total. The third-order valence-corrected chi connectivity index (χ3v) is 7.19. The van der Waals surface area contributed by atoms with Crippen LogP contribution in [0.15, 0.2) is 24.4 Å². The highest BCUT2D eigenvalue weighted by atomic mass is 35.5. The lowest BCUT2D eigenvalue weighted by Crippen LogP contribution is -2.57. The van der Waals surface area contributed by atoms with Gasteiger partial charge in [-0.15, -0.1) is 12.4 Å². The Hall–Kier alpha value is -1.28. The molecule has 1 aromatic carbocycles. The van der Waals surface area contributed by atoms with Crippen LogP contribution in [-0.4, -0.2) is 49.9 Å². The van der Waals surface area contributed by atoms with E-state index in [2.05, 4.69) is 15.6 Å². The lowest BCUT2D eigenvalue weighted by molar-refractivity contribution is -0.124. The van der Waals surface area contributed by atoms with E-state index in [9.17, 15) is 13.2 Å². The number of sulfone groups is 1. The summed E-state index contributed by atoms with van der Waals surface area (Å²) in [7, 11) is -3.49. The van der Waals surface area contributed by atoms with Gasteiger partial charge in [-0.1, -0.05) is 11.6 Å². The van der Waals surface area contributed by atoms with E-state index in [1.165, 1.54) is 0 Å². The van der Waals surface area contributed by atoms with Crippen molar-refractivity contribution in [2.75, 3.05) is 25.9 Å². The summed E-state index contributed by atoms with van der Waals surface area (Å²) in [4.78, 5) is 15.8. The Balaban J connectivity index is 0.00000243. The number of nitrogens with one attached hydrogen (secondary N) is 3. The molecule has 0 unspecified atom stereocenters. The molecule has 144 valence electrons. The quantitative estimate of drug-likeness (QED) is 0.691. The van der Waals surface area contributed by atoms with Crippen molar-refractivity contribution in [3.8, 4) is 0 Å². The molecule has 3 rings (SSSR count). The van der Waals surface area contributed by atoms with E-state index in [-0.39, 0.29) is 12.4 Å². The van der Waals surface area contributed by atoms with E-state index in [1.807, 2.05) is 24.4 Å². The first-order chi connectivity index (χ1) is 11.8. The first-order valence-corrected chi connectivity index (χ1v) is 10.5. The summed E-state index contributed by atoms with van der Waals surface area (Å²) in [5, 5.41) is 7.60. The maximum absolute atomic E-state index is 12.7. The fraction of sp³-hybridized carbons (Fsp3) is 0.471. The lowest BCUT2D eigenvalue weighted by atomic mass is 9.95. The van der Waals surface area contributed by atoms with Gasteiger partial charge in [0.2, 0.25) is 5.91 Å². The van der Waals surface area contributed by atoms with Crippen LogP contribution in [-0.2, 0) is 21.1 Å². The Kier molecular flexibility index (Phi) is 6.60. The fourth-order valence-corrected chi connectivity index (χ4v) is 4.95. The van der Waals surface area contributed by atoms with E-state index in [0.717, 1.165) is 22.7 Å². The molecule has 1 aromatic heterocycles. The van der Waals surface area contributed by atoms with Gasteiger partial charge in [0.05, 0.1) is 0 Å². The molecule has 2 heterocycles. The minimum Gasteiger partial charge on any atom is -0.361 e. The summed E-state index contributed by atoms with van der Waals surface area (Å²) in [5.41, 5.74) is 2.02. The predicted octanol–water partition coefficient (Wildman–Crippen LogP) is 2.07. The van der Waals surface area contributed by atoms with Gasteiger partial charge in [0.25, 0.3) is 0 Å². The number of H-pyrrole nitrogens is 1. The minimum atomic E-state index is -3.49. The van der Waals surface area contributed by atoms with Gasteiger partial charge in [-0.05, 0) is 56.1 Å². The van der Waals surface area contributed by atoms with Crippen LogP contribution in [0.2, 0.25) is 5.02 Å². The van der Waals surface area contributed by atoms with Crippen molar-refractivity contribution in [1.82, 2.24) is 15.6 Å². The number of halogens is 2. The van der Waals surface area contributed by atoms with Crippen molar-refractivity contribution in [1.29, 1.82) is 0 Å². The average Bonchev–Trinajstić information content (AvgIpc) is 2.96. The molecule has 0 saturated carbocycles. The molecular formula is C17H23Cl2N3O3S. The third kappa shape index (κ3) is 4.01. The summed E-state index contributed by atoms with van der Waals surface area (Å²) in [5.74, 6) is -0.394. The normalized spacial score (nSPS) is 16.8. The van der Waals surface area contributed by atoms with Gasteiger partial charge >= 0.3 is 0 Å². The first kappa shape index (κ1) is 21.0. The average molecular weight is 420 g/mol. The summed E-state index contributed by atoms with van der Waals surface area (Å²) in [6.45, 7) is 1.44. The molecule has 1 aliphatic heterocycles. The van der Waals surface area contributed by atoms with Crippen molar-refractivity contribution in [3.63, 3.8) is 0 Å². The van der Waals surface area contributed by atoms with Crippen molar-refractivity contribution >= 4 is 50.7 Å². The summed E-state index contributed by atoms with van der Waals surface area (Å²) < 4.78 is 23.2. The molecule has 0 radical (unpaired) electrons. The SMILES string of the molecule is CS(=O)(=O)C1(C(=O)NCCc2c[nH]c3ccc(Cl)cc23)CCNCC1.Cl. The number of rotatable bonds is 5. The molecule has 9 heteroatoms. The molecule has 1 aliphatic rings. The smallest absolute Gasteiger partial charge is 0.241 e. The predicted molar refractivity (Wildman–Crippen MR) is 107 cm³/mol. The van der Waals surface area contributed by atoms with E-state index in [4.69, 9.17) is 11.6 Å². The number of aromatic amines is 1. The van der Waals surface area contributed by atoms with Crippen LogP contribution in [0.3, 0.4) is 0 Å². The maximum Gasteiger partial charge on any atom is 0.241 e. The molecular weight excluding hydrogens is 397 g/mol. The molecule has 0 aliphatic carbocycles. The van der Waals surface area contributed by atoms with E-state index in [0.29, 0.717) is 43.9 Å². The molecule has 0 atom stereocenters. The second-order valence-corrected chi connectivity index (χ2v) is 9.29. The fourth-order valence-electron chi connectivity index (χ4n) is 3.43. The number of piperidine rings is 1. The van der Waals surface area contributed by atoms with Crippen LogP contribution in [0.1, 0.15) is 18.4 Å². The van der Waals surface area contributed by atoms with Crippen molar-refractivity contribution in [3.05, 3.63) is 35.0 Å². The van der Waals surface area contributed by atoms with Crippen molar-refractivity contribution in [2.45, 2.75) is 24.0 Å². The Morgan fingerprint density at radius 3 is 2.65 bits per heavy atom. The lowest BCUT2D eigenvalue weighted by Gasteiger charge is -2.34. The van der Waals surface area contributed by atoms with Crippen LogP contribution in [0, 0.1) is 0 Å². The van der Waals surface area contributed by atoms with Crippen LogP contribution >= 0.6 is 24.0 Å². The van der Waals surface area contributed by atoms with Gasteiger partial charge in [0.15, 0.2) is 14.6 Å². The third-order valence-electron chi connectivity index (χ3n) is 4.94. The Morgan fingerprint density at radius 1 is 1.31 bits per heavy atom. The van der Waals surface area contributed by atoms with Crippen molar-refractivity contribution in [2.24, 2.45) is 0 Å². The summed E-state index contributed by atoms with van der Waals surface area (Å²) >= 11 is 6.05. The number of fused-ring (bicyclic) bond motifs is 1. The number of carbonyl (C=O) groups is 1.